The predicted octanol–water partition coefficient (Wildman–Crippen LogP) is 5.58. The largest absolute Gasteiger partial charge is 0.323 e. The molecule has 0 saturated carbocycles. The van der Waals surface area contributed by atoms with Gasteiger partial charge in [0.15, 0.2) is 0 Å². The molecule has 0 atom stereocenters. The van der Waals surface area contributed by atoms with Crippen LogP contribution in [0.5, 0.6) is 0 Å². The molecule has 0 aliphatic rings. The van der Waals surface area contributed by atoms with E-state index in [1.807, 2.05) is 48.5 Å². The third-order valence-electron chi connectivity index (χ3n) is 3.66. The van der Waals surface area contributed by atoms with Crippen molar-refractivity contribution in [1.82, 2.24) is 0 Å². The lowest BCUT2D eigenvalue weighted by atomic mass is 10.0. The van der Waals surface area contributed by atoms with Crippen molar-refractivity contribution in [2.45, 2.75) is 39.5 Å². The Morgan fingerprint density at radius 3 is 1.45 bits per heavy atom. The van der Waals surface area contributed by atoms with Gasteiger partial charge in [0.1, 0.15) is 0 Å². The lowest BCUT2D eigenvalue weighted by Gasteiger charge is -2.16. The van der Waals surface area contributed by atoms with Crippen molar-refractivity contribution in [3.8, 4) is 0 Å². The molecule has 3 nitrogen and oxygen atoms in total. The zero-order chi connectivity index (χ0) is 16.1. The van der Waals surface area contributed by atoms with Gasteiger partial charge >= 0.3 is 6.03 Å². The Balaban J connectivity index is 2.15. The molecule has 2 amide bonds. The van der Waals surface area contributed by atoms with Crippen LogP contribution in [0.3, 0.4) is 0 Å². The first-order chi connectivity index (χ1) is 10.5. The average molecular weight is 296 g/mol. The summed E-state index contributed by atoms with van der Waals surface area (Å²) >= 11 is 0. The number of para-hydroxylation sites is 2. The minimum absolute atomic E-state index is 0.207. The number of hydrogen-bond donors (Lipinski definition) is 2. The Bertz CT molecular complexity index is 592. The van der Waals surface area contributed by atoms with Crippen molar-refractivity contribution in [1.29, 1.82) is 0 Å². The molecule has 0 fully saturated rings. The second-order valence-corrected chi connectivity index (χ2v) is 6.06. The van der Waals surface area contributed by atoms with Crippen molar-refractivity contribution < 1.29 is 4.79 Å². The average Bonchev–Trinajstić information content (AvgIpc) is 2.47. The Labute approximate surface area is 132 Å². The molecule has 3 heteroatoms. The van der Waals surface area contributed by atoms with Gasteiger partial charge in [-0.1, -0.05) is 64.1 Å². The van der Waals surface area contributed by atoms with Crippen molar-refractivity contribution in [2.75, 3.05) is 10.6 Å². The molecule has 0 saturated heterocycles. The van der Waals surface area contributed by atoms with E-state index in [2.05, 4.69) is 38.3 Å². The molecule has 2 aromatic carbocycles. The van der Waals surface area contributed by atoms with Crippen molar-refractivity contribution in [3.63, 3.8) is 0 Å². The standard InChI is InChI=1S/C19H24N2O/c1-13(2)15-9-5-7-11-17(15)20-19(22)21-18-12-8-6-10-16(18)14(3)4/h5-14H,1-4H3,(H2,20,21,22). The van der Waals surface area contributed by atoms with E-state index in [0.717, 1.165) is 22.5 Å². The highest BCUT2D eigenvalue weighted by Crippen LogP contribution is 2.26. The van der Waals surface area contributed by atoms with Crippen molar-refractivity contribution >= 4 is 17.4 Å². The molecule has 2 rings (SSSR count). The van der Waals surface area contributed by atoms with Gasteiger partial charge in [0, 0.05) is 11.4 Å². The lowest BCUT2D eigenvalue weighted by molar-refractivity contribution is 0.262. The van der Waals surface area contributed by atoms with Crippen LogP contribution in [0.15, 0.2) is 48.5 Å². The lowest BCUT2D eigenvalue weighted by Crippen LogP contribution is -2.21. The second-order valence-electron chi connectivity index (χ2n) is 6.06. The number of nitrogens with one attached hydrogen (secondary N) is 2. The molecule has 116 valence electrons. The number of amides is 2. The Kier molecular flexibility index (Phi) is 5.21. The number of carbonyl (C=O) groups excluding carboxylic acids is 1. The summed E-state index contributed by atoms with van der Waals surface area (Å²) in [5.41, 5.74) is 3.98. The fourth-order valence-electron chi connectivity index (χ4n) is 2.50. The summed E-state index contributed by atoms with van der Waals surface area (Å²) in [5, 5.41) is 5.91. The third-order valence-corrected chi connectivity index (χ3v) is 3.66. The zero-order valence-corrected chi connectivity index (χ0v) is 13.7. The molecule has 0 heterocycles. The van der Waals surface area contributed by atoms with E-state index in [4.69, 9.17) is 0 Å². The molecule has 0 spiro atoms. The van der Waals surface area contributed by atoms with Crippen molar-refractivity contribution in [2.24, 2.45) is 0 Å². The molecule has 0 bridgehead atoms. The first-order valence-electron chi connectivity index (χ1n) is 7.75. The number of urea groups is 1. The number of carbonyl (C=O) groups is 1. The van der Waals surface area contributed by atoms with E-state index in [9.17, 15) is 4.79 Å². The van der Waals surface area contributed by atoms with Gasteiger partial charge in [-0.05, 0) is 35.1 Å². The quantitative estimate of drug-likeness (QED) is 0.760. The van der Waals surface area contributed by atoms with Crippen LogP contribution in [0.25, 0.3) is 0 Å². The maximum absolute atomic E-state index is 12.3. The van der Waals surface area contributed by atoms with E-state index in [1.165, 1.54) is 0 Å². The fourth-order valence-corrected chi connectivity index (χ4v) is 2.50. The maximum atomic E-state index is 12.3. The SMILES string of the molecule is CC(C)c1ccccc1NC(=O)Nc1ccccc1C(C)C. The third kappa shape index (κ3) is 3.88. The zero-order valence-electron chi connectivity index (χ0n) is 13.7. The number of rotatable bonds is 4. The Morgan fingerprint density at radius 1 is 0.727 bits per heavy atom. The van der Waals surface area contributed by atoms with Crippen LogP contribution in [-0.4, -0.2) is 6.03 Å². The topological polar surface area (TPSA) is 41.1 Å². The van der Waals surface area contributed by atoms with Gasteiger partial charge in [-0.2, -0.15) is 0 Å². The van der Waals surface area contributed by atoms with Crippen LogP contribution >= 0.6 is 0 Å². The highest BCUT2D eigenvalue weighted by Gasteiger charge is 2.11. The molecule has 22 heavy (non-hydrogen) atoms. The van der Waals surface area contributed by atoms with Crippen LogP contribution in [0.2, 0.25) is 0 Å². The molecule has 0 aromatic heterocycles. The Hall–Kier alpha value is -2.29. The molecular formula is C19H24N2O. The van der Waals surface area contributed by atoms with Gasteiger partial charge in [-0.25, -0.2) is 4.79 Å². The summed E-state index contributed by atoms with van der Waals surface area (Å²) in [7, 11) is 0. The van der Waals surface area contributed by atoms with Gasteiger partial charge < -0.3 is 10.6 Å². The van der Waals surface area contributed by atoms with Crippen LogP contribution in [0.1, 0.15) is 50.7 Å². The summed E-state index contributed by atoms with van der Waals surface area (Å²) < 4.78 is 0. The predicted molar refractivity (Wildman–Crippen MR) is 93.7 cm³/mol. The van der Waals surface area contributed by atoms with E-state index in [0.29, 0.717) is 11.8 Å². The molecular weight excluding hydrogens is 272 g/mol. The summed E-state index contributed by atoms with van der Waals surface area (Å²) in [5.74, 6) is 0.721. The van der Waals surface area contributed by atoms with Gasteiger partial charge in [-0.15, -0.1) is 0 Å². The fraction of sp³-hybridized carbons (Fsp3) is 0.316. The van der Waals surface area contributed by atoms with Gasteiger partial charge in [0.2, 0.25) is 0 Å². The minimum Gasteiger partial charge on any atom is -0.307 e. The normalized spacial score (nSPS) is 10.8. The summed E-state index contributed by atoms with van der Waals surface area (Å²) in [6, 6.07) is 15.6. The monoisotopic (exact) mass is 296 g/mol. The molecule has 0 unspecified atom stereocenters. The molecule has 0 aliphatic carbocycles. The smallest absolute Gasteiger partial charge is 0.307 e. The summed E-state index contributed by atoms with van der Waals surface area (Å²) in [6.07, 6.45) is 0. The van der Waals surface area contributed by atoms with Gasteiger partial charge in [0.25, 0.3) is 0 Å². The van der Waals surface area contributed by atoms with Crippen LogP contribution in [0, 0.1) is 0 Å². The van der Waals surface area contributed by atoms with E-state index < -0.39 is 0 Å². The van der Waals surface area contributed by atoms with E-state index in [-0.39, 0.29) is 6.03 Å². The number of anilines is 2. The number of hydrogen-bond acceptors (Lipinski definition) is 1. The highest BCUT2D eigenvalue weighted by atomic mass is 16.2. The molecule has 2 N–H and O–H groups in total. The first kappa shape index (κ1) is 16.1. The number of benzene rings is 2. The summed E-state index contributed by atoms with van der Waals surface area (Å²) in [6.45, 7) is 8.47. The molecule has 0 radical (unpaired) electrons. The van der Waals surface area contributed by atoms with E-state index in [1.54, 1.807) is 0 Å². The van der Waals surface area contributed by atoms with Gasteiger partial charge in [-0.3, -0.25) is 0 Å². The summed E-state index contributed by atoms with van der Waals surface area (Å²) in [4.78, 5) is 12.3. The van der Waals surface area contributed by atoms with Crippen molar-refractivity contribution in [3.05, 3.63) is 59.7 Å². The molecule has 0 aliphatic heterocycles. The van der Waals surface area contributed by atoms with E-state index >= 15 is 0 Å². The highest BCUT2D eigenvalue weighted by molar-refractivity contribution is 6.00. The minimum atomic E-state index is -0.207. The van der Waals surface area contributed by atoms with Crippen LogP contribution < -0.4 is 10.6 Å². The van der Waals surface area contributed by atoms with Gasteiger partial charge in [0.05, 0.1) is 0 Å². The Morgan fingerprint density at radius 2 is 1.09 bits per heavy atom. The van der Waals surface area contributed by atoms with Crippen LogP contribution in [0.4, 0.5) is 16.2 Å². The van der Waals surface area contributed by atoms with Crippen LogP contribution in [-0.2, 0) is 0 Å². The maximum Gasteiger partial charge on any atom is 0.323 e. The first-order valence-corrected chi connectivity index (χ1v) is 7.75. The molecule has 2 aromatic rings. The second kappa shape index (κ2) is 7.12.